The Balaban J connectivity index is 2.55. The second-order valence-corrected chi connectivity index (χ2v) is 5.76. The minimum Gasteiger partial charge on any atom is -0.444 e. The van der Waals surface area contributed by atoms with Gasteiger partial charge in [0.1, 0.15) is 5.60 Å². The minimum atomic E-state index is -0.400. The van der Waals surface area contributed by atoms with Gasteiger partial charge in [0.15, 0.2) is 0 Å². The summed E-state index contributed by atoms with van der Waals surface area (Å²) in [4.78, 5) is 13.7. The molecule has 1 amide bonds. The maximum atomic E-state index is 11.8. The molecule has 0 aromatic carbocycles. The Kier molecular flexibility index (Phi) is 4.04. The van der Waals surface area contributed by atoms with E-state index in [1.54, 1.807) is 0 Å². The number of hydrogen-bond donors (Lipinski definition) is 0. The summed E-state index contributed by atoms with van der Waals surface area (Å²) >= 11 is 3.48. The van der Waals surface area contributed by atoms with Crippen LogP contribution in [0.5, 0.6) is 0 Å². The first-order valence-electron chi connectivity index (χ1n) is 5.40. The van der Waals surface area contributed by atoms with Crippen molar-refractivity contribution in [2.24, 2.45) is 5.92 Å². The molecule has 1 saturated heterocycles. The molecule has 0 aromatic rings. The van der Waals surface area contributed by atoms with Crippen LogP contribution in [0.3, 0.4) is 0 Å². The van der Waals surface area contributed by atoms with Crippen molar-refractivity contribution in [3.05, 3.63) is 0 Å². The number of halogens is 1. The lowest BCUT2D eigenvalue weighted by Gasteiger charge is -2.28. The molecule has 1 aliphatic rings. The van der Waals surface area contributed by atoms with Crippen LogP contribution in [0.1, 0.15) is 34.1 Å². The van der Waals surface area contributed by atoms with Crippen molar-refractivity contribution in [3.8, 4) is 0 Å². The largest absolute Gasteiger partial charge is 0.444 e. The number of amides is 1. The SMILES string of the molecule is CC1C(CBr)CCN1C(=O)OC(C)(C)C. The first-order chi connectivity index (χ1) is 6.85. The van der Waals surface area contributed by atoms with Gasteiger partial charge < -0.3 is 9.64 Å². The highest BCUT2D eigenvalue weighted by Crippen LogP contribution is 2.27. The van der Waals surface area contributed by atoms with Crippen LogP contribution in [0.2, 0.25) is 0 Å². The fraction of sp³-hybridized carbons (Fsp3) is 0.909. The molecule has 88 valence electrons. The van der Waals surface area contributed by atoms with Gasteiger partial charge in [0.05, 0.1) is 0 Å². The highest BCUT2D eigenvalue weighted by atomic mass is 79.9. The molecule has 0 aliphatic carbocycles. The molecule has 0 bridgehead atoms. The average molecular weight is 278 g/mol. The first-order valence-corrected chi connectivity index (χ1v) is 6.53. The average Bonchev–Trinajstić information content (AvgIpc) is 2.43. The van der Waals surface area contributed by atoms with Gasteiger partial charge in [0.2, 0.25) is 0 Å². The van der Waals surface area contributed by atoms with Gasteiger partial charge in [-0.3, -0.25) is 0 Å². The molecule has 3 nitrogen and oxygen atoms in total. The molecule has 0 spiro atoms. The zero-order chi connectivity index (χ0) is 11.6. The number of rotatable bonds is 1. The van der Waals surface area contributed by atoms with Crippen molar-refractivity contribution in [3.63, 3.8) is 0 Å². The van der Waals surface area contributed by atoms with Crippen molar-refractivity contribution in [1.82, 2.24) is 4.90 Å². The third-order valence-corrected chi connectivity index (χ3v) is 3.57. The molecule has 1 aliphatic heterocycles. The van der Waals surface area contributed by atoms with Gasteiger partial charge in [-0.25, -0.2) is 4.79 Å². The van der Waals surface area contributed by atoms with Crippen LogP contribution in [0, 0.1) is 5.92 Å². The second-order valence-electron chi connectivity index (χ2n) is 5.12. The van der Waals surface area contributed by atoms with Gasteiger partial charge in [0.25, 0.3) is 0 Å². The number of alkyl halides is 1. The van der Waals surface area contributed by atoms with E-state index in [0.717, 1.165) is 18.3 Å². The lowest BCUT2D eigenvalue weighted by Crippen LogP contribution is -2.40. The summed E-state index contributed by atoms with van der Waals surface area (Å²) in [6, 6.07) is 0.277. The van der Waals surface area contributed by atoms with E-state index in [1.807, 2.05) is 25.7 Å². The van der Waals surface area contributed by atoms with Crippen LogP contribution in [0.15, 0.2) is 0 Å². The van der Waals surface area contributed by atoms with Crippen molar-refractivity contribution in [2.75, 3.05) is 11.9 Å². The Labute approximate surface area is 100 Å². The van der Waals surface area contributed by atoms with Crippen LogP contribution in [-0.4, -0.2) is 34.5 Å². The number of carbonyl (C=O) groups excluding carboxylic acids is 1. The summed E-state index contributed by atoms with van der Waals surface area (Å²) in [6.45, 7) is 8.59. The summed E-state index contributed by atoms with van der Waals surface area (Å²) in [5.41, 5.74) is -0.400. The standard InChI is InChI=1S/C11H20BrNO2/c1-8-9(7-12)5-6-13(8)10(14)15-11(2,3)4/h8-9H,5-7H2,1-4H3. The topological polar surface area (TPSA) is 29.5 Å². The molecule has 2 atom stereocenters. The summed E-state index contributed by atoms with van der Waals surface area (Å²) < 4.78 is 5.36. The molecule has 4 heteroatoms. The Bertz CT molecular complexity index is 237. The Morgan fingerprint density at radius 2 is 2.13 bits per heavy atom. The van der Waals surface area contributed by atoms with Crippen LogP contribution in [0.25, 0.3) is 0 Å². The summed E-state index contributed by atoms with van der Waals surface area (Å²) in [5.74, 6) is 0.553. The summed E-state index contributed by atoms with van der Waals surface area (Å²) in [7, 11) is 0. The van der Waals surface area contributed by atoms with Gasteiger partial charge in [-0.05, 0) is 40.0 Å². The smallest absolute Gasteiger partial charge is 0.410 e. The minimum absolute atomic E-state index is 0.182. The van der Waals surface area contributed by atoms with Gasteiger partial charge >= 0.3 is 6.09 Å². The van der Waals surface area contributed by atoms with Crippen LogP contribution >= 0.6 is 15.9 Å². The van der Waals surface area contributed by atoms with E-state index in [-0.39, 0.29) is 12.1 Å². The molecular weight excluding hydrogens is 258 g/mol. The molecule has 0 radical (unpaired) electrons. The number of carbonyl (C=O) groups is 1. The molecule has 2 unspecified atom stereocenters. The van der Waals surface area contributed by atoms with Gasteiger partial charge in [-0.2, -0.15) is 0 Å². The summed E-state index contributed by atoms with van der Waals surface area (Å²) in [5, 5.41) is 0.952. The quantitative estimate of drug-likeness (QED) is 0.690. The van der Waals surface area contributed by atoms with E-state index in [2.05, 4.69) is 22.9 Å². The second kappa shape index (κ2) is 4.73. The van der Waals surface area contributed by atoms with E-state index in [0.29, 0.717) is 5.92 Å². The van der Waals surface area contributed by atoms with E-state index < -0.39 is 5.60 Å². The van der Waals surface area contributed by atoms with Gasteiger partial charge in [0, 0.05) is 17.9 Å². The number of ether oxygens (including phenoxy) is 1. The monoisotopic (exact) mass is 277 g/mol. The highest BCUT2D eigenvalue weighted by molar-refractivity contribution is 9.09. The third kappa shape index (κ3) is 3.37. The molecule has 1 heterocycles. The van der Waals surface area contributed by atoms with Crippen molar-refractivity contribution in [2.45, 2.75) is 45.8 Å². The lowest BCUT2D eigenvalue weighted by molar-refractivity contribution is 0.0226. The van der Waals surface area contributed by atoms with E-state index >= 15 is 0 Å². The zero-order valence-corrected chi connectivity index (χ0v) is 11.5. The normalized spacial score (nSPS) is 26.9. The van der Waals surface area contributed by atoms with E-state index in [4.69, 9.17) is 4.74 Å². The predicted molar refractivity (Wildman–Crippen MR) is 64.3 cm³/mol. The van der Waals surface area contributed by atoms with Crippen molar-refractivity contribution in [1.29, 1.82) is 0 Å². The number of likely N-dealkylation sites (tertiary alicyclic amines) is 1. The van der Waals surface area contributed by atoms with Crippen molar-refractivity contribution >= 4 is 22.0 Å². The van der Waals surface area contributed by atoms with Crippen LogP contribution in [0.4, 0.5) is 4.79 Å². The zero-order valence-electron chi connectivity index (χ0n) is 9.92. The van der Waals surface area contributed by atoms with E-state index in [9.17, 15) is 4.79 Å². The fourth-order valence-corrected chi connectivity index (χ4v) is 2.65. The maximum Gasteiger partial charge on any atom is 0.410 e. The van der Waals surface area contributed by atoms with E-state index in [1.165, 1.54) is 0 Å². The number of nitrogens with zero attached hydrogens (tertiary/aromatic N) is 1. The van der Waals surface area contributed by atoms with Crippen LogP contribution in [-0.2, 0) is 4.74 Å². The highest BCUT2D eigenvalue weighted by Gasteiger charge is 2.35. The molecule has 0 N–H and O–H groups in total. The molecule has 0 aromatic heterocycles. The number of hydrogen-bond acceptors (Lipinski definition) is 2. The molecule has 1 fully saturated rings. The Morgan fingerprint density at radius 1 is 1.53 bits per heavy atom. The first kappa shape index (κ1) is 12.8. The lowest BCUT2D eigenvalue weighted by atomic mass is 10.1. The van der Waals surface area contributed by atoms with Gasteiger partial charge in [-0.15, -0.1) is 0 Å². The Morgan fingerprint density at radius 3 is 2.53 bits per heavy atom. The molecule has 0 saturated carbocycles. The van der Waals surface area contributed by atoms with Crippen molar-refractivity contribution < 1.29 is 9.53 Å². The fourth-order valence-electron chi connectivity index (χ4n) is 1.79. The Hall–Kier alpha value is -0.250. The molecular formula is C11H20BrNO2. The molecule has 1 rings (SSSR count). The molecule has 15 heavy (non-hydrogen) atoms. The predicted octanol–water partition coefficient (Wildman–Crippen LogP) is 3.03. The maximum absolute atomic E-state index is 11.8. The van der Waals surface area contributed by atoms with Crippen LogP contribution < -0.4 is 0 Å². The third-order valence-electron chi connectivity index (χ3n) is 2.74. The summed E-state index contributed by atoms with van der Waals surface area (Å²) in [6.07, 6.45) is 0.879. The van der Waals surface area contributed by atoms with Gasteiger partial charge in [-0.1, -0.05) is 15.9 Å².